The highest BCUT2D eigenvalue weighted by Crippen LogP contribution is 2.37. The third-order valence-electron chi connectivity index (χ3n) is 3.11. The standard InChI is InChI=1S/C12H13F3N2O/c1-11(10(18)16-6-7-17-11)8-4-2-3-5-9(8)12(13,14)15/h2-5,17H,6-7H2,1H3,(H,16,18). The molecule has 98 valence electrons. The number of carbonyl (C=O) groups is 1. The van der Waals surface area contributed by atoms with Crippen molar-refractivity contribution in [1.82, 2.24) is 10.6 Å². The number of alkyl halides is 3. The fraction of sp³-hybridized carbons (Fsp3) is 0.417. The number of amides is 1. The number of nitrogens with one attached hydrogen (secondary N) is 2. The molecule has 0 radical (unpaired) electrons. The van der Waals surface area contributed by atoms with Crippen LogP contribution in [0.4, 0.5) is 13.2 Å². The van der Waals surface area contributed by atoms with Crippen LogP contribution in [0.2, 0.25) is 0 Å². The van der Waals surface area contributed by atoms with E-state index in [1.54, 1.807) is 0 Å². The van der Waals surface area contributed by atoms with Crippen molar-refractivity contribution in [2.24, 2.45) is 0 Å². The van der Waals surface area contributed by atoms with Gasteiger partial charge in [-0.25, -0.2) is 0 Å². The normalized spacial score (nSPS) is 24.8. The van der Waals surface area contributed by atoms with E-state index in [9.17, 15) is 18.0 Å². The molecular formula is C12H13F3N2O. The van der Waals surface area contributed by atoms with Crippen molar-refractivity contribution in [1.29, 1.82) is 0 Å². The van der Waals surface area contributed by atoms with Crippen molar-refractivity contribution < 1.29 is 18.0 Å². The molecule has 1 aromatic rings. The van der Waals surface area contributed by atoms with E-state index in [0.29, 0.717) is 13.1 Å². The maximum Gasteiger partial charge on any atom is 0.416 e. The highest BCUT2D eigenvalue weighted by atomic mass is 19.4. The summed E-state index contributed by atoms with van der Waals surface area (Å²) in [6, 6.07) is 5.14. The molecule has 6 heteroatoms. The zero-order valence-corrected chi connectivity index (χ0v) is 9.77. The predicted molar refractivity (Wildman–Crippen MR) is 59.8 cm³/mol. The molecule has 0 aliphatic carbocycles. The molecule has 1 saturated heterocycles. The van der Waals surface area contributed by atoms with Crippen molar-refractivity contribution in [3.63, 3.8) is 0 Å². The summed E-state index contributed by atoms with van der Waals surface area (Å²) in [5.41, 5.74) is -2.17. The number of benzene rings is 1. The van der Waals surface area contributed by atoms with Gasteiger partial charge in [0.15, 0.2) is 0 Å². The van der Waals surface area contributed by atoms with Gasteiger partial charge in [0.1, 0.15) is 5.54 Å². The Kier molecular flexibility index (Phi) is 3.06. The average Bonchev–Trinajstić information content (AvgIpc) is 2.32. The van der Waals surface area contributed by atoms with E-state index in [0.717, 1.165) is 6.07 Å². The van der Waals surface area contributed by atoms with Crippen molar-refractivity contribution >= 4 is 5.91 Å². The first-order chi connectivity index (χ1) is 8.36. The number of hydrogen-bond donors (Lipinski definition) is 2. The van der Waals surface area contributed by atoms with E-state index in [1.165, 1.54) is 25.1 Å². The lowest BCUT2D eigenvalue weighted by Crippen LogP contribution is -2.59. The van der Waals surface area contributed by atoms with Gasteiger partial charge in [0, 0.05) is 13.1 Å². The van der Waals surface area contributed by atoms with Crippen LogP contribution in [0.1, 0.15) is 18.1 Å². The molecule has 2 rings (SSSR count). The van der Waals surface area contributed by atoms with Gasteiger partial charge in [-0.15, -0.1) is 0 Å². The van der Waals surface area contributed by atoms with Gasteiger partial charge in [0.25, 0.3) is 0 Å². The summed E-state index contributed by atoms with van der Waals surface area (Å²) in [4.78, 5) is 11.9. The lowest BCUT2D eigenvalue weighted by Gasteiger charge is -2.35. The molecule has 1 aliphatic heterocycles. The van der Waals surface area contributed by atoms with Gasteiger partial charge in [-0.1, -0.05) is 18.2 Å². The summed E-state index contributed by atoms with van der Waals surface area (Å²) in [6.07, 6.45) is -4.47. The Labute approximate surface area is 102 Å². The molecule has 1 atom stereocenters. The van der Waals surface area contributed by atoms with Crippen LogP contribution in [0, 0.1) is 0 Å². The molecule has 1 unspecified atom stereocenters. The second-order valence-electron chi connectivity index (χ2n) is 4.35. The quantitative estimate of drug-likeness (QED) is 0.804. The minimum atomic E-state index is -4.47. The summed E-state index contributed by atoms with van der Waals surface area (Å²) in [5.74, 6) is -0.439. The second-order valence-corrected chi connectivity index (χ2v) is 4.35. The summed E-state index contributed by atoms with van der Waals surface area (Å²) in [6.45, 7) is 2.32. The van der Waals surface area contributed by atoms with Gasteiger partial charge in [-0.2, -0.15) is 13.2 Å². The Morgan fingerprint density at radius 1 is 1.22 bits per heavy atom. The molecule has 1 aromatic carbocycles. The van der Waals surface area contributed by atoms with Crippen LogP contribution in [0.15, 0.2) is 24.3 Å². The molecule has 1 aliphatic rings. The van der Waals surface area contributed by atoms with E-state index in [2.05, 4.69) is 10.6 Å². The summed E-state index contributed by atoms with van der Waals surface area (Å²) in [7, 11) is 0. The molecule has 0 aromatic heterocycles. The first-order valence-electron chi connectivity index (χ1n) is 5.56. The summed E-state index contributed by atoms with van der Waals surface area (Å²) in [5, 5.41) is 5.44. The topological polar surface area (TPSA) is 41.1 Å². The Hall–Kier alpha value is -1.56. The number of piperazine rings is 1. The van der Waals surface area contributed by atoms with Gasteiger partial charge in [-0.05, 0) is 18.6 Å². The molecule has 0 spiro atoms. The Morgan fingerprint density at radius 2 is 1.89 bits per heavy atom. The largest absolute Gasteiger partial charge is 0.416 e. The maximum absolute atomic E-state index is 12.9. The van der Waals surface area contributed by atoms with Crippen LogP contribution in [0.3, 0.4) is 0 Å². The van der Waals surface area contributed by atoms with Gasteiger partial charge >= 0.3 is 6.18 Å². The molecule has 1 amide bonds. The van der Waals surface area contributed by atoms with Crippen molar-refractivity contribution in [3.05, 3.63) is 35.4 Å². The van der Waals surface area contributed by atoms with Gasteiger partial charge in [0.2, 0.25) is 5.91 Å². The zero-order valence-electron chi connectivity index (χ0n) is 9.77. The highest BCUT2D eigenvalue weighted by molar-refractivity contribution is 5.88. The van der Waals surface area contributed by atoms with E-state index in [4.69, 9.17) is 0 Å². The Bertz CT molecular complexity index is 473. The molecule has 3 nitrogen and oxygen atoms in total. The smallest absolute Gasteiger partial charge is 0.353 e. The average molecular weight is 258 g/mol. The van der Waals surface area contributed by atoms with Crippen LogP contribution in [0.25, 0.3) is 0 Å². The van der Waals surface area contributed by atoms with Gasteiger partial charge < -0.3 is 5.32 Å². The third-order valence-corrected chi connectivity index (χ3v) is 3.11. The first-order valence-corrected chi connectivity index (χ1v) is 5.56. The minimum absolute atomic E-state index is 0.0466. The summed E-state index contributed by atoms with van der Waals surface area (Å²) < 4.78 is 38.8. The van der Waals surface area contributed by atoms with E-state index >= 15 is 0 Å². The van der Waals surface area contributed by atoms with Crippen molar-refractivity contribution in [2.45, 2.75) is 18.6 Å². The number of hydrogen-bond acceptors (Lipinski definition) is 2. The first kappa shape index (κ1) is 12.9. The molecule has 0 bridgehead atoms. The third kappa shape index (κ3) is 2.08. The Balaban J connectivity index is 2.53. The molecule has 18 heavy (non-hydrogen) atoms. The fourth-order valence-corrected chi connectivity index (χ4v) is 2.13. The molecule has 2 N–H and O–H groups in total. The van der Waals surface area contributed by atoms with Crippen LogP contribution >= 0.6 is 0 Å². The van der Waals surface area contributed by atoms with E-state index in [1.807, 2.05) is 0 Å². The lowest BCUT2D eigenvalue weighted by atomic mass is 9.86. The van der Waals surface area contributed by atoms with Crippen LogP contribution in [-0.4, -0.2) is 19.0 Å². The maximum atomic E-state index is 12.9. The monoisotopic (exact) mass is 258 g/mol. The van der Waals surface area contributed by atoms with Crippen LogP contribution in [0.5, 0.6) is 0 Å². The van der Waals surface area contributed by atoms with E-state index < -0.39 is 23.2 Å². The van der Waals surface area contributed by atoms with E-state index in [-0.39, 0.29) is 5.56 Å². The molecular weight excluding hydrogens is 245 g/mol. The lowest BCUT2D eigenvalue weighted by molar-refractivity contribution is -0.140. The number of carbonyl (C=O) groups excluding carboxylic acids is 1. The SMILES string of the molecule is CC1(c2ccccc2C(F)(F)F)NCCNC1=O. The Morgan fingerprint density at radius 3 is 2.50 bits per heavy atom. The number of halogens is 3. The van der Waals surface area contributed by atoms with Crippen LogP contribution < -0.4 is 10.6 Å². The molecule has 1 heterocycles. The summed E-state index contributed by atoms with van der Waals surface area (Å²) >= 11 is 0. The van der Waals surface area contributed by atoms with Crippen LogP contribution in [-0.2, 0) is 16.5 Å². The van der Waals surface area contributed by atoms with Gasteiger partial charge in [0.05, 0.1) is 5.56 Å². The van der Waals surface area contributed by atoms with Gasteiger partial charge in [-0.3, -0.25) is 10.1 Å². The zero-order chi connectivity index (χ0) is 13.4. The minimum Gasteiger partial charge on any atom is -0.353 e. The highest BCUT2D eigenvalue weighted by Gasteiger charge is 2.44. The number of rotatable bonds is 1. The van der Waals surface area contributed by atoms with Crippen molar-refractivity contribution in [2.75, 3.05) is 13.1 Å². The fourth-order valence-electron chi connectivity index (χ4n) is 2.13. The second kappa shape index (κ2) is 4.28. The van der Waals surface area contributed by atoms with Crippen molar-refractivity contribution in [3.8, 4) is 0 Å². The predicted octanol–water partition coefficient (Wildman–Crippen LogP) is 1.64. The molecule has 1 fully saturated rings. The molecule has 0 saturated carbocycles.